The maximum atomic E-state index is 10.6. The Morgan fingerprint density at radius 3 is 2.40 bits per heavy atom. The molecule has 0 radical (unpaired) electrons. The van der Waals surface area contributed by atoms with Gasteiger partial charge in [0.15, 0.2) is 0 Å². The van der Waals surface area contributed by atoms with E-state index < -0.39 is 0 Å². The van der Waals surface area contributed by atoms with Crippen LogP contribution in [-0.4, -0.2) is 11.6 Å². The summed E-state index contributed by atoms with van der Waals surface area (Å²) in [6.07, 6.45) is 0.875. The van der Waals surface area contributed by atoms with E-state index >= 15 is 0 Å². The Balaban J connectivity index is 3.76. The van der Waals surface area contributed by atoms with Crippen LogP contribution in [0.15, 0.2) is 0 Å². The highest BCUT2D eigenvalue weighted by Crippen LogP contribution is 2.05. The van der Waals surface area contributed by atoms with Crippen molar-refractivity contribution < 1.29 is 4.79 Å². The molecule has 0 aromatic carbocycles. The molecule has 10 heavy (non-hydrogen) atoms. The van der Waals surface area contributed by atoms with Gasteiger partial charge >= 0.3 is 6.03 Å². The smallest absolute Gasteiger partial charge is 0.329 e. The quantitative estimate of drug-likeness (QED) is 0.298. The van der Waals surface area contributed by atoms with Crippen molar-refractivity contribution in [2.75, 3.05) is 0 Å². The Morgan fingerprint density at radius 2 is 2.10 bits per heavy atom. The van der Waals surface area contributed by atoms with Crippen molar-refractivity contribution in [1.29, 1.82) is 0 Å². The lowest BCUT2D eigenvalue weighted by Crippen LogP contribution is -2.50. The highest BCUT2D eigenvalue weighted by Gasteiger charge is 2.16. The number of rotatable bonds is 2. The Kier molecular flexibility index (Phi) is 3.15. The average molecular weight is 145 g/mol. The molecular weight excluding hydrogens is 130 g/mol. The van der Waals surface area contributed by atoms with Gasteiger partial charge in [-0.3, -0.25) is 5.43 Å². The summed E-state index contributed by atoms with van der Waals surface area (Å²) in [6, 6.07) is -0.341. The van der Waals surface area contributed by atoms with Crippen LogP contribution in [0.4, 0.5) is 4.79 Å². The van der Waals surface area contributed by atoms with Crippen LogP contribution >= 0.6 is 0 Å². The van der Waals surface area contributed by atoms with Crippen LogP contribution in [0.2, 0.25) is 0 Å². The summed E-state index contributed by atoms with van der Waals surface area (Å²) in [5.41, 5.74) is 1.83. The van der Waals surface area contributed by atoms with Gasteiger partial charge < -0.3 is 5.32 Å². The molecule has 0 saturated carbocycles. The lowest BCUT2D eigenvalue weighted by molar-refractivity contribution is 0.229. The average Bonchev–Trinajstić information content (AvgIpc) is 1.87. The Labute approximate surface area is 61.1 Å². The lowest BCUT2D eigenvalue weighted by Gasteiger charge is -2.23. The molecular formula is C6H15N3O. The van der Waals surface area contributed by atoms with Gasteiger partial charge in [-0.1, -0.05) is 6.92 Å². The van der Waals surface area contributed by atoms with Gasteiger partial charge in [-0.05, 0) is 20.3 Å². The fourth-order valence-corrected chi connectivity index (χ4v) is 0.432. The number of nitrogens with two attached hydrogens (primary N) is 1. The lowest BCUT2D eigenvalue weighted by atomic mass is 10.0. The van der Waals surface area contributed by atoms with Crippen LogP contribution in [-0.2, 0) is 0 Å². The molecule has 0 heterocycles. The topological polar surface area (TPSA) is 67.2 Å². The minimum Gasteiger partial charge on any atom is -0.332 e. The van der Waals surface area contributed by atoms with Crippen LogP contribution in [0.5, 0.6) is 0 Å². The maximum absolute atomic E-state index is 10.6. The molecule has 0 bridgehead atoms. The summed E-state index contributed by atoms with van der Waals surface area (Å²) in [4.78, 5) is 10.6. The van der Waals surface area contributed by atoms with Crippen LogP contribution in [0.1, 0.15) is 27.2 Å². The fourth-order valence-electron chi connectivity index (χ4n) is 0.432. The molecule has 4 nitrogen and oxygen atoms in total. The van der Waals surface area contributed by atoms with Crippen molar-refractivity contribution in [2.24, 2.45) is 5.84 Å². The SMILES string of the molecule is CCC(C)(C)NC(=O)NN. The number of amides is 2. The first-order chi connectivity index (χ1) is 4.52. The first-order valence-corrected chi connectivity index (χ1v) is 3.30. The second-order valence-corrected chi connectivity index (χ2v) is 2.84. The molecule has 0 spiro atoms. The molecule has 0 aliphatic rings. The van der Waals surface area contributed by atoms with E-state index in [0.717, 1.165) is 6.42 Å². The highest BCUT2D eigenvalue weighted by atomic mass is 16.2. The second-order valence-electron chi connectivity index (χ2n) is 2.84. The number of carbonyl (C=O) groups is 1. The second kappa shape index (κ2) is 3.41. The van der Waals surface area contributed by atoms with Crippen molar-refractivity contribution in [3.63, 3.8) is 0 Å². The van der Waals surface area contributed by atoms with E-state index in [-0.39, 0.29) is 11.6 Å². The van der Waals surface area contributed by atoms with E-state index in [0.29, 0.717) is 0 Å². The summed E-state index contributed by atoms with van der Waals surface area (Å²) in [5, 5.41) is 2.68. The zero-order chi connectivity index (χ0) is 8.20. The van der Waals surface area contributed by atoms with Gasteiger partial charge in [0.25, 0.3) is 0 Å². The van der Waals surface area contributed by atoms with E-state index in [1.54, 1.807) is 0 Å². The zero-order valence-corrected chi connectivity index (χ0v) is 6.69. The molecule has 0 atom stereocenters. The van der Waals surface area contributed by atoms with E-state index in [2.05, 4.69) is 5.32 Å². The van der Waals surface area contributed by atoms with Gasteiger partial charge in [0.1, 0.15) is 0 Å². The van der Waals surface area contributed by atoms with Crippen LogP contribution in [0, 0.1) is 0 Å². The molecule has 0 aromatic heterocycles. The monoisotopic (exact) mass is 145 g/mol. The molecule has 0 aliphatic heterocycles. The van der Waals surface area contributed by atoms with Crippen molar-refractivity contribution in [3.8, 4) is 0 Å². The molecule has 0 aromatic rings. The van der Waals surface area contributed by atoms with E-state index in [4.69, 9.17) is 5.84 Å². The molecule has 0 aliphatic carbocycles. The number of urea groups is 1. The largest absolute Gasteiger partial charge is 0.332 e. The van der Waals surface area contributed by atoms with Crippen molar-refractivity contribution in [3.05, 3.63) is 0 Å². The van der Waals surface area contributed by atoms with Crippen molar-refractivity contribution in [1.82, 2.24) is 10.7 Å². The van der Waals surface area contributed by atoms with Gasteiger partial charge in [0.05, 0.1) is 0 Å². The summed E-state index contributed by atoms with van der Waals surface area (Å²) in [6.45, 7) is 5.86. The summed E-state index contributed by atoms with van der Waals surface area (Å²) in [5.74, 6) is 4.87. The standard InChI is InChI=1S/C6H15N3O/c1-4-6(2,3)8-5(10)9-7/h4,7H2,1-3H3,(H2,8,9,10). The minimum absolute atomic E-state index is 0.177. The molecule has 0 fully saturated rings. The molecule has 0 rings (SSSR count). The molecule has 60 valence electrons. The maximum Gasteiger partial charge on any atom is 0.329 e. The predicted molar refractivity (Wildman–Crippen MR) is 40.2 cm³/mol. The molecule has 4 N–H and O–H groups in total. The number of hydrogen-bond acceptors (Lipinski definition) is 2. The highest BCUT2D eigenvalue weighted by molar-refractivity contribution is 5.73. The van der Waals surface area contributed by atoms with E-state index in [1.807, 2.05) is 26.2 Å². The summed E-state index contributed by atoms with van der Waals surface area (Å²) in [7, 11) is 0. The van der Waals surface area contributed by atoms with Gasteiger partial charge in [0, 0.05) is 5.54 Å². The third-order valence-electron chi connectivity index (χ3n) is 1.47. The number of carbonyl (C=O) groups excluding carboxylic acids is 1. The molecule has 0 saturated heterocycles. The van der Waals surface area contributed by atoms with Crippen LogP contribution in [0.25, 0.3) is 0 Å². The Bertz CT molecular complexity index is 122. The van der Waals surface area contributed by atoms with E-state index in [9.17, 15) is 4.79 Å². The Hall–Kier alpha value is -0.770. The third-order valence-corrected chi connectivity index (χ3v) is 1.47. The van der Waals surface area contributed by atoms with Gasteiger partial charge in [-0.25, -0.2) is 10.6 Å². The first-order valence-electron chi connectivity index (χ1n) is 3.30. The van der Waals surface area contributed by atoms with Crippen molar-refractivity contribution >= 4 is 6.03 Å². The molecule has 4 heteroatoms. The first kappa shape index (κ1) is 9.23. The third kappa shape index (κ3) is 3.29. The summed E-state index contributed by atoms with van der Waals surface area (Å²) >= 11 is 0. The normalized spacial score (nSPS) is 10.8. The number of nitrogens with one attached hydrogen (secondary N) is 2. The van der Waals surface area contributed by atoms with Gasteiger partial charge in [0.2, 0.25) is 0 Å². The van der Waals surface area contributed by atoms with E-state index in [1.165, 1.54) is 0 Å². The number of hydrazine groups is 1. The summed E-state index contributed by atoms with van der Waals surface area (Å²) < 4.78 is 0. The van der Waals surface area contributed by atoms with Crippen LogP contribution < -0.4 is 16.6 Å². The molecule has 2 amide bonds. The molecule has 0 unspecified atom stereocenters. The minimum atomic E-state index is -0.341. The van der Waals surface area contributed by atoms with Crippen LogP contribution in [0.3, 0.4) is 0 Å². The predicted octanol–water partition coefficient (Wildman–Crippen LogP) is 0.348. The number of hydrogen-bond donors (Lipinski definition) is 3. The van der Waals surface area contributed by atoms with Gasteiger partial charge in [-0.2, -0.15) is 0 Å². The van der Waals surface area contributed by atoms with Crippen molar-refractivity contribution in [2.45, 2.75) is 32.7 Å². The fraction of sp³-hybridized carbons (Fsp3) is 0.833. The Morgan fingerprint density at radius 1 is 1.60 bits per heavy atom. The van der Waals surface area contributed by atoms with Gasteiger partial charge in [-0.15, -0.1) is 0 Å². The zero-order valence-electron chi connectivity index (χ0n) is 6.69.